The molecule has 0 atom stereocenters. The molecule has 1 saturated carbocycles. The van der Waals surface area contributed by atoms with Gasteiger partial charge in [-0.1, -0.05) is 135 Å². The number of hydrogen-bond donors (Lipinski definition) is 0. The Bertz CT molecular complexity index is 3140. The lowest BCUT2D eigenvalue weighted by atomic mass is 9.68. The summed E-state index contributed by atoms with van der Waals surface area (Å²) < 4.78 is 4.91. The zero-order chi connectivity index (χ0) is 36.8. The molecule has 0 saturated heterocycles. The molecule has 0 amide bonds. The average Bonchev–Trinajstić information content (AvgIpc) is 3.87. The molecule has 0 bridgehead atoms. The lowest BCUT2D eigenvalue weighted by Gasteiger charge is -2.36. The van der Waals surface area contributed by atoms with Crippen molar-refractivity contribution in [2.24, 2.45) is 0 Å². The highest BCUT2D eigenvalue weighted by molar-refractivity contribution is 6.14. The summed E-state index contributed by atoms with van der Waals surface area (Å²) >= 11 is 0. The Labute approximate surface area is 326 Å². The summed E-state index contributed by atoms with van der Waals surface area (Å²) in [6, 6.07) is 68.0. The standard InChI is InChI=1S/C54H40N2/c1-4-14-36(15-5-1)37-22-26-41(27-23-37)56-52-29-25-39(38-24-28-51-45(32-38)43-19-9-11-21-50(43)55(51)40-16-6-2-7-17-40)33-46(52)47-34-49-44(35-53(47)56)42-18-8-10-20-48(42)54(49)30-12-3-13-31-54/h1-2,4-11,14-29,32-35H,3,12-13,30-31H2. The van der Waals surface area contributed by atoms with Gasteiger partial charge in [0.25, 0.3) is 0 Å². The van der Waals surface area contributed by atoms with Crippen LogP contribution in [-0.4, -0.2) is 9.13 Å². The van der Waals surface area contributed by atoms with Crippen molar-refractivity contribution in [3.05, 3.63) is 193 Å². The third-order valence-electron chi connectivity index (χ3n) is 13.1. The van der Waals surface area contributed by atoms with Crippen LogP contribution in [0.1, 0.15) is 43.2 Å². The minimum atomic E-state index is 0.0970. The minimum Gasteiger partial charge on any atom is -0.309 e. The number of rotatable bonds is 4. The smallest absolute Gasteiger partial charge is 0.0547 e. The fraction of sp³-hybridized carbons (Fsp3) is 0.111. The van der Waals surface area contributed by atoms with E-state index in [1.807, 2.05) is 0 Å². The molecule has 0 N–H and O–H groups in total. The van der Waals surface area contributed by atoms with Gasteiger partial charge in [0.05, 0.1) is 22.1 Å². The summed E-state index contributed by atoms with van der Waals surface area (Å²) in [4.78, 5) is 0. The predicted molar refractivity (Wildman–Crippen MR) is 235 cm³/mol. The van der Waals surface area contributed by atoms with E-state index < -0.39 is 0 Å². The first kappa shape index (κ1) is 31.7. The van der Waals surface area contributed by atoms with Gasteiger partial charge < -0.3 is 9.13 Å². The SMILES string of the molecule is c1ccc(-c2ccc(-n3c4ccc(-c5ccc6c(c5)c5ccccc5n6-c5ccccc5)cc4c4cc5c(cc43)-c3ccccc3C53CCCCC3)cc2)cc1. The molecule has 2 aliphatic rings. The number of fused-ring (bicyclic) bond motifs is 11. The van der Waals surface area contributed by atoms with E-state index in [2.05, 4.69) is 191 Å². The maximum atomic E-state index is 2.60. The second-order valence-electron chi connectivity index (χ2n) is 16.0. The first-order chi connectivity index (χ1) is 27.7. The third kappa shape index (κ3) is 4.56. The maximum Gasteiger partial charge on any atom is 0.0547 e. The summed E-state index contributed by atoms with van der Waals surface area (Å²) in [6.45, 7) is 0. The van der Waals surface area contributed by atoms with Gasteiger partial charge in [0, 0.05) is 38.3 Å². The molecule has 266 valence electrons. The van der Waals surface area contributed by atoms with Gasteiger partial charge in [0.2, 0.25) is 0 Å². The van der Waals surface area contributed by atoms with Crippen molar-refractivity contribution in [2.45, 2.75) is 37.5 Å². The Hall–Kier alpha value is -6.64. The Morgan fingerprint density at radius 3 is 1.61 bits per heavy atom. The molecule has 56 heavy (non-hydrogen) atoms. The summed E-state index contributed by atoms with van der Waals surface area (Å²) in [5.74, 6) is 0. The zero-order valence-electron chi connectivity index (χ0n) is 31.3. The van der Waals surface area contributed by atoms with Crippen LogP contribution >= 0.6 is 0 Å². The summed E-state index contributed by atoms with van der Waals surface area (Å²) in [7, 11) is 0. The maximum absolute atomic E-state index is 2.60. The number of nitrogens with zero attached hydrogens (tertiary/aromatic N) is 2. The van der Waals surface area contributed by atoms with E-state index in [4.69, 9.17) is 0 Å². The highest BCUT2D eigenvalue weighted by atomic mass is 15.0. The van der Waals surface area contributed by atoms with Crippen molar-refractivity contribution in [3.63, 3.8) is 0 Å². The first-order valence-corrected chi connectivity index (χ1v) is 20.2. The molecule has 2 heteroatoms. The fourth-order valence-electron chi connectivity index (χ4n) is 10.6. The lowest BCUT2D eigenvalue weighted by Crippen LogP contribution is -2.27. The van der Waals surface area contributed by atoms with E-state index in [0.29, 0.717) is 0 Å². The van der Waals surface area contributed by atoms with Gasteiger partial charge >= 0.3 is 0 Å². The molecule has 2 nitrogen and oxygen atoms in total. The van der Waals surface area contributed by atoms with E-state index in [0.717, 1.165) is 0 Å². The summed E-state index contributed by atoms with van der Waals surface area (Å²) in [5.41, 5.74) is 18.3. The van der Waals surface area contributed by atoms with Crippen LogP contribution in [0.5, 0.6) is 0 Å². The fourth-order valence-corrected chi connectivity index (χ4v) is 10.6. The molecular weight excluding hydrogens is 677 g/mol. The quantitative estimate of drug-likeness (QED) is 0.172. The van der Waals surface area contributed by atoms with Crippen LogP contribution in [0.3, 0.4) is 0 Å². The van der Waals surface area contributed by atoms with E-state index in [-0.39, 0.29) is 5.41 Å². The van der Waals surface area contributed by atoms with Gasteiger partial charge in [0.1, 0.15) is 0 Å². The first-order valence-electron chi connectivity index (χ1n) is 20.2. The van der Waals surface area contributed by atoms with Crippen LogP contribution in [-0.2, 0) is 5.41 Å². The molecule has 2 aromatic heterocycles. The van der Waals surface area contributed by atoms with Crippen LogP contribution in [0, 0.1) is 0 Å². The minimum absolute atomic E-state index is 0.0970. The molecule has 1 spiro atoms. The van der Waals surface area contributed by atoms with Crippen molar-refractivity contribution < 1.29 is 0 Å². The second-order valence-corrected chi connectivity index (χ2v) is 16.0. The Balaban J connectivity index is 1.09. The zero-order valence-corrected chi connectivity index (χ0v) is 31.3. The summed E-state index contributed by atoms with van der Waals surface area (Å²) in [6.07, 6.45) is 6.36. The Kier molecular flexibility index (Phi) is 6.89. The van der Waals surface area contributed by atoms with Crippen molar-refractivity contribution in [2.75, 3.05) is 0 Å². The number of benzene rings is 8. The molecule has 2 aliphatic carbocycles. The van der Waals surface area contributed by atoms with Gasteiger partial charge in [-0.3, -0.25) is 0 Å². The molecule has 0 radical (unpaired) electrons. The molecule has 12 rings (SSSR count). The number of aromatic nitrogens is 2. The monoisotopic (exact) mass is 716 g/mol. The van der Waals surface area contributed by atoms with Gasteiger partial charge in [-0.15, -0.1) is 0 Å². The van der Waals surface area contributed by atoms with E-state index in [1.165, 1.54) is 132 Å². The van der Waals surface area contributed by atoms with Crippen LogP contribution in [0.2, 0.25) is 0 Å². The third-order valence-corrected chi connectivity index (χ3v) is 13.1. The number of hydrogen-bond acceptors (Lipinski definition) is 0. The van der Waals surface area contributed by atoms with Crippen molar-refractivity contribution in [1.29, 1.82) is 0 Å². The lowest BCUT2D eigenvalue weighted by molar-refractivity contribution is 0.353. The molecule has 8 aromatic carbocycles. The molecule has 1 fully saturated rings. The molecular formula is C54H40N2. The van der Waals surface area contributed by atoms with Crippen molar-refractivity contribution in [3.8, 4) is 44.8 Å². The van der Waals surface area contributed by atoms with Gasteiger partial charge in [-0.25, -0.2) is 0 Å². The molecule has 0 aliphatic heterocycles. The molecule has 0 unspecified atom stereocenters. The summed E-state index contributed by atoms with van der Waals surface area (Å²) in [5, 5.41) is 5.20. The topological polar surface area (TPSA) is 9.86 Å². The Morgan fingerprint density at radius 1 is 0.321 bits per heavy atom. The van der Waals surface area contributed by atoms with Crippen LogP contribution in [0.25, 0.3) is 88.4 Å². The highest BCUT2D eigenvalue weighted by Gasteiger charge is 2.44. The molecule has 10 aromatic rings. The predicted octanol–water partition coefficient (Wildman–Crippen LogP) is 14.4. The Morgan fingerprint density at radius 2 is 0.857 bits per heavy atom. The van der Waals surface area contributed by atoms with Crippen molar-refractivity contribution >= 4 is 43.6 Å². The van der Waals surface area contributed by atoms with E-state index in [9.17, 15) is 0 Å². The van der Waals surface area contributed by atoms with Crippen molar-refractivity contribution in [1.82, 2.24) is 9.13 Å². The van der Waals surface area contributed by atoms with Gasteiger partial charge in [-0.05, 0) is 124 Å². The average molecular weight is 717 g/mol. The molecule has 2 heterocycles. The van der Waals surface area contributed by atoms with E-state index in [1.54, 1.807) is 0 Å². The van der Waals surface area contributed by atoms with Gasteiger partial charge in [-0.2, -0.15) is 0 Å². The van der Waals surface area contributed by atoms with Gasteiger partial charge in [0.15, 0.2) is 0 Å². The number of para-hydroxylation sites is 2. The van der Waals surface area contributed by atoms with Crippen LogP contribution in [0.4, 0.5) is 0 Å². The van der Waals surface area contributed by atoms with Crippen LogP contribution < -0.4 is 0 Å². The normalized spacial score (nSPS) is 14.6. The van der Waals surface area contributed by atoms with E-state index >= 15 is 0 Å². The van der Waals surface area contributed by atoms with Crippen LogP contribution in [0.15, 0.2) is 182 Å². The second kappa shape index (κ2) is 12.2. The largest absolute Gasteiger partial charge is 0.309 e. The highest BCUT2D eigenvalue weighted by Crippen LogP contribution is 2.57.